The summed E-state index contributed by atoms with van der Waals surface area (Å²) in [5.74, 6) is 0.427. The average Bonchev–Trinajstić information content (AvgIpc) is 2.50. The van der Waals surface area contributed by atoms with Crippen molar-refractivity contribution in [2.75, 3.05) is 0 Å². The second kappa shape index (κ2) is 5.48. The highest BCUT2D eigenvalue weighted by Gasteiger charge is 2.46. The maximum Gasteiger partial charge on any atom is 0.250 e. The Labute approximate surface area is 129 Å². The zero-order valence-electron chi connectivity index (χ0n) is 12.9. The molecule has 1 aromatic carbocycles. The van der Waals surface area contributed by atoms with Gasteiger partial charge in [0.25, 0.3) is 0 Å². The molecule has 1 fully saturated rings. The van der Waals surface area contributed by atoms with Gasteiger partial charge in [-0.15, -0.1) is 0 Å². The molecule has 1 N–H and O–H groups in total. The molecule has 0 radical (unpaired) electrons. The number of rotatable bonds is 2. The summed E-state index contributed by atoms with van der Waals surface area (Å²) in [6, 6.07) is 8.52. The van der Waals surface area contributed by atoms with Crippen LogP contribution in [0.4, 0.5) is 0 Å². The molecule has 0 bridgehead atoms. The maximum atomic E-state index is 12.7. The van der Waals surface area contributed by atoms with Gasteiger partial charge >= 0.3 is 0 Å². The topological polar surface area (TPSA) is 58.6 Å². The number of nitrogens with one attached hydrogen (secondary N) is 1. The van der Waals surface area contributed by atoms with Crippen LogP contribution in [0.15, 0.2) is 36.5 Å². The monoisotopic (exact) mass is 300 g/mol. The number of hydrogen-bond donors (Lipinski definition) is 1. The van der Waals surface area contributed by atoms with Crippen molar-refractivity contribution in [2.45, 2.75) is 39.0 Å². The summed E-state index contributed by atoms with van der Waals surface area (Å²) in [5.41, 5.74) is 0.896. The van der Waals surface area contributed by atoms with Gasteiger partial charge in [-0.25, -0.2) is 0 Å². The number of nitrogens with zero attached hydrogens (tertiary/aromatic N) is 1. The number of ether oxygens (including phenoxy) is 1. The Balaban J connectivity index is 1.99. The highest BCUT2D eigenvalue weighted by Crippen LogP contribution is 2.30. The van der Waals surface area contributed by atoms with Crippen molar-refractivity contribution >= 4 is 17.6 Å². The zero-order chi connectivity index (χ0) is 15.9. The summed E-state index contributed by atoms with van der Waals surface area (Å²) < 4.78 is 5.86. The van der Waals surface area contributed by atoms with E-state index in [0.717, 1.165) is 5.56 Å². The Kier molecular flexibility index (Phi) is 3.64. The van der Waals surface area contributed by atoms with E-state index in [0.29, 0.717) is 5.76 Å². The molecule has 1 saturated heterocycles. The molecule has 3 atom stereocenters. The summed E-state index contributed by atoms with van der Waals surface area (Å²) in [4.78, 5) is 26.6. The van der Waals surface area contributed by atoms with E-state index < -0.39 is 18.2 Å². The number of benzene rings is 1. The molecule has 2 aliphatic rings. The third kappa shape index (κ3) is 2.36. The lowest BCUT2D eigenvalue weighted by atomic mass is 9.95. The lowest BCUT2D eigenvalue weighted by Gasteiger charge is -2.43. The van der Waals surface area contributed by atoms with Crippen molar-refractivity contribution in [1.29, 1.82) is 0 Å². The normalized spacial score (nSPS) is 27.9. The smallest absolute Gasteiger partial charge is 0.250 e. The van der Waals surface area contributed by atoms with Crippen molar-refractivity contribution in [3.8, 4) is 0 Å². The van der Waals surface area contributed by atoms with E-state index >= 15 is 0 Å². The summed E-state index contributed by atoms with van der Waals surface area (Å²) >= 11 is 0. The molecular weight excluding hydrogens is 280 g/mol. The minimum absolute atomic E-state index is 0.0455. The van der Waals surface area contributed by atoms with Gasteiger partial charge in [-0.1, -0.05) is 44.2 Å². The Bertz CT molecular complexity index is 624. The van der Waals surface area contributed by atoms with Crippen LogP contribution in [-0.2, 0) is 14.3 Å². The Hall–Kier alpha value is -2.30. The third-order valence-electron chi connectivity index (χ3n) is 4.13. The number of fused-ring (bicyclic) bond motifs is 1. The summed E-state index contributed by atoms with van der Waals surface area (Å²) in [7, 11) is 0. The van der Waals surface area contributed by atoms with Crippen molar-refractivity contribution in [1.82, 2.24) is 10.2 Å². The number of hydrogen-bond acceptors (Lipinski definition) is 3. The molecule has 116 valence electrons. The summed E-state index contributed by atoms with van der Waals surface area (Å²) in [6.07, 6.45) is 1.27. The van der Waals surface area contributed by atoms with Crippen LogP contribution in [0.2, 0.25) is 0 Å². The van der Waals surface area contributed by atoms with Crippen molar-refractivity contribution < 1.29 is 14.3 Å². The van der Waals surface area contributed by atoms with Crippen LogP contribution in [0, 0.1) is 5.92 Å². The van der Waals surface area contributed by atoms with Crippen LogP contribution < -0.4 is 5.32 Å². The van der Waals surface area contributed by atoms with Crippen LogP contribution in [0.25, 0.3) is 5.76 Å². The van der Waals surface area contributed by atoms with Crippen LogP contribution >= 0.6 is 0 Å². The zero-order valence-corrected chi connectivity index (χ0v) is 12.9. The second-order valence-electron chi connectivity index (χ2n) is 6.10. The van der Waals surface area contributed by atoms with Gasteiger partial charge in [0.05, 0.1) is 6.20 Å². The first kappa shape index (κ1) is 14.6. The predicted molar refractivity (Wildman–Crippen MR) is 82.4 cm³/mol. The van der Waals surface area contributed by atoms with E-state index in [1.54, 1.807) is 11.1 Å². The molecule has 22 heavy (non-hydrogen) atoms. The fourth-order valence-corrected chi connectivity index (χ4v) is 2.93. The van der Waals surface area contributed by atoms with Crippen LogP contribution in [0.1, 0.15) is 26.3 Å². The van der Waals surface area contributed by atoms with E-state index in [9.17, 15) is 9.59 Å². The Morgan fingerprint density at radius 2 is 1.86 bits per heavy atom. The van der Waals surface area contributed by atoms with E-state index in [1.807, 2.05) is 51.1 Å². The van der Waals surface area contributed by atoms with E-state index in [-0.39, 0.29) is 17.7 Å². The second-order valence-corrected chi connectivity index (χ2v) is 6.10. The van der Waals surface area contributed by atoms with Crippen molar-refractivity contribution in [3.05, 3.63) is 42.1 Å². The first-order valence-electron chi connectivity index (χ1n) is 7.55. The van der Waals surface area contributed by atoms with Crippen molar-refractivity contribution in [2.24, 2.45) is 5.92 Å². The number of piperazine rings is 1. The number of amides is 2. The van der Waals surface area contributed by atoms with Gasteiger partial charge < -0.3 is 10.1 Å². The molecule has 0 aliphatic carbocycles. The molecule has 1 aromatic rings. The van der Waals surface area contributed by atoms with Gasteiger partial charge in [0, 0.05) is 5.56 Å². The molecule has 3 rings (SSSR count). The van der Waals surface area contributed by atoms with Crippen LogP contribution in [0.5, 0.6) is 0 Å². The molecule has 2 amide bonds. The molecule has 2 heterocycles. The lowest BCUT2D eigenvalue weighted by Crippen LogP contribution is -2.67. The van der Waals surface area contributed by atoms with E-state index in [4.69, 9.17) is 4.74 Å². The molecule has 5 heteroatoms. The van der Waals surface area contributed by atoms with Gasteiger partial charge in [0.2, 0.25) is 11.8 Å². The molecule has 0 spiro atoms. The predicted octanol–water partition coefficient (Wildman–Crippen LogP) is 1.76. The lowest BCUT2D eigenvalue weighted by molar-refractivity contribution is -0.152. The average molecular weight is 300 g/mol. The maximum absolute atomic E-state index is 12.7. The summed E-state index contributed by atoms with van der Waals surface area (Å²) in [5, 5.41) is 2.81. The minimum atomic E-state index is -0.602. The standard InChI is InChI=1S/C17H20N2O3/c1-10(2)14-17(21)19-9-13(12-7-5-4-6-8-12)22-11(3)15(19)16(20)18-14/h4-11,14-15H,1-3H3,(H,18,20)/t11-,14+,15+/m1/s1. The van der Waals surface area contributed by atoms with Gasteiger partial charge in [-0.2, -0.15) is 0 Å². The minimum Gasteiger partial charge on any atom is -0.486 e. The highest BCUT2D eigenvalue weighted by atomic mass is 16.5. The quantitative estimate of drug-likeness (QED) is 0.905. The largest absolute Gasteiger partial charge is 0.486 e. The van der Waals surface area contributed by atoms with E-state index in [1.165, 1.54) is 0 Å². The molecule has 0 unspecified atom stereocenters. The molecule has 2 aliphatic heterocycles. The van der Waals surface area contributed by atoms with E-state index in [2.05, 4.69) is 5.32 Å². The van der Waals surface area contributed by atoms with Crippen LogP contribution in [-0.4, -0.2) is 34.9 Å². The Morgan fingerprint density at radius 1 is 1.18 bits per heavy atom. The SMILES string of the molecule is CC(C)[C@@H]1NC(=O)[C@@H]2[C@@H](C)OC(c3ccccc3)=CN2C1=O. The Morgan fingerprint density at radius 3 is 2.50 bits per heavy atom. The fraction of sp³-hybridized carbons (Fsp3) is 0.412. The summed E-state index contributed by atoms with van der Waals surface area (Å²) in [6.45, 7) is 5.67. The van der Waals surface area contributed by atoms with Gasteiger partial charge in [0.15, 0.2) is 6.04 Å². The number of carbonyl (C=O) groups is 2. The van der Waals surface area contributed by atoms with Crippen LogP contribution in [0.3, 0.4) is 0 Å². The van der Waals surface area contributed by atoms with Gasteiger partial charge in [-0.3, -0.25) is 14.5 Å². The third-order valence-corrected chi connectivity index (χ3v) is 4.13. The molecule has 5 nitrogen and oxygen atoms in total. The van der Waals surface area contributed by atoms with Crippen molar-refractivity contribution in [3.63, 3.8) is 0 Å². The first-order valence-corrected chi connectivity index (χ1v) is 7.55. The molecular formula is C17H20N2O3. The van der Waals surface area contributed by atoms with Gasteiger partial charge in [0.1, 0.15) is 17.9 Å². The molecule has 0 saturated carbocycles. The molecule has 0 aromatic heterocycles. The number of carbonyl (C=O) groups excluding carboxylic acids is 2. The fourth-order valence-electron chi connectivity index (χ4n) is 2.93. The van der Waals surface area contributed by atoms with Gasteiger partial charge in [-0.05, 0) is 12.8 Å². The highest BCUT2D eigenvalue weighted by molar-refractivity contribution is 5.99. The first-order chi connectivity index (χ1) is 10.5.